The predicted molar refractivity (Wildman–Crippen MR) is 114 cm³/mol. The number of hydrogen-bond donors (Lipinski definition) is 4. The second kappa shape index (κ2) is 8.81. The molecule has 7 nitrogen and oxygen atoms in total. The zero-order valence-corrected chi connectivity index (χ0v) is 16.5. The topological polar surface area (TPSA) is 112 Å². The molecule has 0 saturated heterocycles. The summed E-state index contributed by atoms with van der Waals surface area (Å²) >= 11 is 5.96. The molecule has 1 aromatic heterocycles. The smallest absolute Gasteiger partial charge is 0.245 e. The molecule has 2 aromatic carbocycles. The van der Waals surface area contributed by atoms with Crippen LogP contribution in [0.25, 0.3) is 11.3 Å². The second-order valence-electron chi connectivity index (χ2n) is 6.41. The van der Waals surface area contributed by atoms with Crippen LogP contribution < -0.4 is 16.0 Å². The molecule has 1 amide bonds. The molecule has 0 aliphatic rings. The maximum Gasteiger partial charge on any atom is 0.245 e. The lowest BCUT2D eigenvalue weighted by molar-refractivity contribution is -0.123. The number of benzene rings is 2. The minimum Gasteiger partial charge on any atom is -0.507 e. The van der Waals surface area contributed by atoms with Gasteiger partial charge in [0.05, 0.1) is 5.69 Å². The summed E-state index contributed by atoms with van der Waals surface area (Å²) in [6.45, 7) is -0.433. The minimum atomic E-state index is -0.590. The van der Waals surface area contributed by atoms with Gasteiger partial charge in [-0.3, -0.25) is 4.79 Å². The zero-order valence-electron chi connectivity index (χ0n) is 15.8. The fourth-order valence-corrected chi connectivity index (χ4v) is 2.93. The molecule has 0 aliphatic heterocycles. The number of nitrogen functional groups attached to an aromatic ring is 1. The van der Waals surface area contributed by atoms with Gasteiger partial charge < -0.3 is 26.2 Å². The molecule has 0 saturated carbocycles. The number of nitrogens with one attached hydrogen (secondary N) is 1. The van der Waals surface area contributed by atoms with E-state index in [9.17, 15) is 9.90 Å². The van der Waals surface area contributed by atoms with Crippen molar-refractivity contribution in [2.24, 2.45) is 0 Å². The lowest BCUT2D eigenvalue weighted by Crippen LogP contribution is -2.26. The van der Waals surface area contributed by atoms with Crippen LogP contribution in [0.5, 0.6) is 5.75 Å². The largest absolute Gasteiger partial charge is 0.507 e. The van der Waals surface area contributed by atoms with Crippen LogP contribution in [0, 0.1) is 0 Å². The lowest BCUT2D eigenvalue weighted by atomic mass is 10.1. The maximum atomic E-state index is 11.2. The molecule has 8 heteroatoms. The molecule has 0 unspecified atom stereocenters. The molecule has 5 N–H and O–H groups in total. The van der Waals surface area contributed by atoms with Crippen molar-refractivity contribution in [3.63, 3.8) is 0 Å². The number of anilines is 3. The number of rotatable bonds is 6. The molecule has 150 valence electrons. The van der Waals surface area contributed by atoms with Gasteiger partial charge in [0.25, 0.3) is 0 Å². The van der Waals surface area contributed by atoms with Crippen LogP contribution in [-0.4, -0.2) is 34.8 Å². The molecule has 0 spiro atoms. The molecule has 0 aliphatic carbocycles. The summed E-state index contributed by atoms with van der Waals surface area (Å²) in [6, 6.07) is 16.1. The first kappa shape index (κ1) is 20.4. The molecule has 0 radical (unpaired) electrons. The zero-order chi connectivity index (χ0) is 21.0. The standard InChI is InChI=1S/C21H21ClN4O3/c1-26(15-5-3-14(22)4-6-15)16-7-9-19(28)17(10-16)18-8-2-13(21(23)25-18)11-24-20(29)12-27/h2-10,27-28H,11-12H2,1H3,(H2,23,25)(H,24,29). The predicted octanol–water partition coefficient (Wildman–Crippen LogP) is 3.07. The number of nitrogens with two attached hydrogens (primary N) is 1. The Bertz CT molecular complexity index is 1020. The van der Waals surface area contributed by atoms with Crippen LogP contribution in [0.3, 0.4) is 0 Å². The number of phenolic OH excluding ortho intramolecular Hbond substituents is 1. The molecule has 3 aromatic rings. The van der Waals surface area contributed by atoms with E-state index in [4.69, 9.17) is 22.4 Å². The Labute approximate surface area is 173 Å². The molecule has 0 bridgehead atoms. The quantitative estimate of drug-likeness (QED) is 0.495. The van der Waals surface area contributed by atoms with E-state index < -0.39 is 12.5 Å². The number of aromatic hydroxyl groups is 1. The lowest BCUT2D eigenvalue weighted by Gasteiger charge is -2.21. The third-order valence-corrected chi connectivity index (χ3v) is 4.74. The van der Waals surface area contributed by atoms with E-state index in [0.717, 1.165) is 11.4 Å². The molecular weight excluding hydrogens is 392 g/mol. The summed E-state index contributed by atoms with van der Waals surface area (Å²) in [4.78, 5) is 17.5. The van der Waals surface area contributed by atoms with Gasteiger partial charge in [-0.2, -0.15) is 0 Å². The van der Waals surface area contributed by atoms with E-state index in [1.54, 1.807) is 24.3 Å². The number of halogens is 1. The van der Waals surface area contributed by atoms with Crippen LogP contribution in [-0.2, 0) is 11.3 Å². The first-order chi connectivity index (χ1) is 13.9. The van der Waals surface area contributed by atoms with Crippen LogP contribution in [0.2, 0.25) is 5.02 Å². The molecule has 0 fully saturated rings. The monoisotopic (exact) mass is 412 g/mol. The summed E-state index contributed by atoms with van der Waals surface area (Å²) in [7, 11) is 1.91. The van der Waals surface area contributed by atoms with Gasteiger partial charge in [0, 0.05) is 41.1 Å². The second-order valence-corrected chi connectivity index (χ2v) is 6.85. The van der Waals surface area contributed by atoms with Crippen LogP contribution >= 0.6 is 11.6 Å². The van der Waals surface area contributed by atoms with Crippen molar-refractivity contribution in [1.82, 2.24) is 10.3 Å². The Hall–Kier alpha value is -3.29. The average molecular weight is 413 g/mol. The number of amides is 1. The summed E-state index contributed by atoms with van der Waals surface area (Å²) in [5.74, 6) is -0.188. The minimum absolute atomic E-state index is 0.0755. The number of aliphatic hydroxyl groups excluding tert-OH is 1. The van der Waals surface area contributed by atoms with Crippen LogP contribution in [0.15, 0.2) is 54.6 Å². The highest BCUT2D eigenvalue weighted by molar-refractivity contribution is 6.30. The number of carbonyl (C=O) groups is 1. The highest BCUT2D eigenvalue weighted by Crippen LogP contribution is 2.34. The van der Waals surface area contributed by atoms with Crippen molar-refractivity contribution >= 4 is 34.7 Å². The van der Waals surface area contributed by atoms with E-state index >= 15 is 0 Å². The Balaban J connectivity index is 1.88. The SMILES string of the molecule is CN(c1ccc(Cl)cc1)c1ccc(O)c(-c2ccc(CNC(=O)CO)c(N)n2)c1. The number of nitrogens with zero attached hydrogens (tertiary/aromatic N) is 2. The third-order valence-electron chi connectivity index (χ3n) is 4.49. The van der Waals surface area contributed by atoms with Crippen molar-refractivity contribution in [2.75, 3.05) is 24.3 Å². The Morgan fingerprint density at radius 3 is 2.48 bits per heavy atom. The molecular formula is C21H21ClN4O3. The fourth-order valence-electron chi connectivity index (χ4n) is 2.80. The highest BCUT2D eigenvalue weighted by atomic mass is 35.5. The number of aliphatic hydroxyl groups is 1. The normalized spacial score (nSPS) is 10.6. The van der Waals surface area contributed by atoms with E-state index in [0.29, 0.717) is 21.8 Å². The van der Waals surface area contributed by atoms with Crippen LogP contribution in [0.4, 0.5) is 17.2 Å². The van der Waals surface area contributed by atoms with Crippen molar-refractivity contribution < 1.29 is 15.0 Å². The van der Waals surface area contributed by atoms with Crippen molar-refractivity contribution in [2.45, 2.75) is 6.54 Å². The number of aromatic nitrogens is 1. The van der Waals surface area contributed by atoms with Crippen LogP contribution in [0.1, 0.15) is 5.56 Å². The fraction of sp³-hybridized carbons (Fsp3) is 0.143. The van der Waals surface area contributed by atoms with Crippen molar-refractivity contribution in [3.05, 3.63) is 65.2 Å². The van der Waals surface area contributed by atoms with Gasteiger partial charge in [-0.05, 0) is 48.5 Å². The van der Waals surface area contributed by atoms with Gasteiger partial charge in [-0.1, -0.05) is 17.7 Å². The molecule has 1 heterocycles. The van der Waals surface area contributed by atoms with E-state index in [1.165, 1.54) is 0 Å². The van der Waals surface area contributed by atoms with Gasteiger partial charge in [0.2, 0.25) is 5.91 Å². The Kier molecular flexibility index (Phi) is 6.21. The Morgan fingerprint density at radius 2 is 1.83 bits per heavy atom. The van der Waals surface area contributed by atoms with Gasteiger partial charge in [0.1, 0.15) is 18.2 Å². The summed E-state index contributed by atoms with van der Waals surface area (Å²) < 4.78 is 0. The molecule has 0 atom stereocenters. The van der Waals surface area contributed by atoms with E-state index in [2.05, 4.69) is 10.3 Å². The van der Waals surface area contributed by atoms with Gasteiger partial charge in [-0.25, -0.2) is 4.98 Å². The van der Waals surface area contributed by atoms with Crippen molar-refractivity contribution in [1.29, 1.82) is 0 Å². The highest BCUT2D eigenvalue weighted by Gasteiger charge is 2.13. The first-order valence-electron chi connectivity index (χ1n) is 8.84. The Morgan fingerprint density at radius 1 is 1.14 bits per heavy atom. The van der Waals surface area contributed by atoms with E-state index in [1.807, 2.05) is 42.3 Å². The van der Waals surface area contributed by atoms with Crippen molar-refractivity contribution in [3.8, 4) is 17.0 Å². The average Bonchev–Trinajstić information content (AvgIpc) is 2.73. The molecule has 3 rings (SSSR count). The van der Waals surface area contributed by atoms with Gasteiger partial charge in [0.15, 0.2) is 0 Å². The number of pyridine rings is 1. The summed E-state index contributed by atoms with van der Waals surface area (Å²) in [5.41, 5.74) is 9.44. The number of carbonyl (C=O) groups excluding carboxylic acids is 1. The van der Waals surface area contributed by atoms with E-state index in [-0.39, 0.29) is 18.1 Å². The van der Waals surface area contributed by atoms with Gasteiger partial charge in [-0.15, -0.1) is 0 Å². The third kappa shape index (κ3) is 4.77. The first-order valence-corrected chi connectivity index (χ1v) is 9.22. The maximum absolute atomic E-state index is 11.2. The summed E-state index contributed by atoms with van der Waals surface area (Å²) in [5, 5.41) is 22.3. The van der Waals surface area contributed by atoms with Gasteiger partial charge >= 0.3 is 0 Å². The number of hydrogen-bond acceptors (Lipinski definition) is 6. The summed E-state index contributed by atoms with van der Waals surface area (Å²) in [6.07, 6.45) is 0. The number of phenols is 1. The molecule has 29 heavy (non-hydrogen) atoms.